The van der Waals surface area contributed by atoms with Gasteiger partial charge < -0.3 is 39.7 Å². The molecule has 2 aliphatic heterocycles. The molecular formula is C21H32O9. The molecule has 4 rings (SSSR count). The minimum atomic E-state index is -1.54. The van der Waals surface area contributed by atoms with Crippen LogP contribution in [0.15, 0.2) is 12.2 Å². The second-order valence-corrected chi connectivity index (χ2v) is 9.51. The summed E-state index contributed by atoms with van der Waals surface area (Å²) in [5.41, 5.74) is -0.353. The maximum absolute atomic E-state index is 12.2. The molecular weight excluding hydrogens is 396 g/mol. The Bertz CT molecular complexity index is 692. The first-order valence-electron chi connectivity index (χ1n) is 10.6. The average Bonchev–Trinajstić information content (AvgIpc) is 3.13. The van der Waals surface area contributed by atoms with Crippen LogP contribution in [0.1, 0.15) is 33.1 Å². The van der Waals surface area contributed by atoms with Crippen LogP contribution in [0.2, 0.25) is 0 Å². The van der Waals surface area contributed by atoms with Crippen molar-refractivity contribution in [2.45, 2.75) is 81.6 Å². The van der Waals surface area contributed by atoms with Crippen LogP contribution in [-0.2, 0) is 19.0 Å². The van der Waals surface area contributed by atoms with E-state index in [0.717, 1.165) is 0 Å². The highest BCUT2D eigenvalue weighted by Crippen LogP contribution is 2.54. The van der Waals surface area contributed by atoms with Crippen LogP contribution in [0.5, 0.6) is 0 Å². The third kappa shape index (κ3) is 3.40. The Morgan fingerprint density at radius 3 is 2.60 bits per heavy atom. The minimum absolute atomic E-state index is 0.0123. The van der Waals surface area contributed by atoms with Gasteiger partial charge in [-0.1, -0.05) is 13.5 Å². The van der Waals surface area contributed by atoms with E-state index in [1.54, 1.807) is 6.92 Å². The Kier molecular flexibility index (Phi) is 5.76. The summed E-state index contributed by atoms with van der Waals surface area (Å²) < 4.78 is 17.1. The minimum Gasteiger partial charge on any atom is -0.461 e. The van der Waals surface area contributed by atoms with E-state index in [1.807, 2.05) is 6.92 Å². The lowest BCUT2D eigenvalue weighted by atomic mass is 9.77. The standard InChI is InChI=1S/C21H32O9/c1-8-10-4-5-21(3,27)11-6-12(9(2)14(11)18(10)30-19(8)26)28-20-17(25)16(24)15(23)13(7-22)29-20/h8,10-18,20,22-25,27H,2,4-7H2,1,3H3/t8-,10-,11+,12-,13+,14-,15-,16+,17-,18-,20-,21+/m0/s1. The fourth-order valence-electron chi connectivity index (χ4n) is 5.75. The summed E-state index contributed by atoms with van der Waals surface area (Å²) in [5, 5.41) is 50.8. The van der Waals surface area contributed by atoms with E-state index >= 15 is 0 Å². The number of aliphatic hydroxyl groups excluding tert-OH is 4. The van der Waals surface area contributed by atoms with Gasteiger partial charge in [0, 0.05) is 17.8 Å². The van der Waals surface area contributed by atoms with E-state index in [-0.39, 0.29) is 35.7 Å². The Hall–Kier alpha value is -1.07. The van der Waals surface area contributed by atoms with E-state index < -0.39 is 49.0 Å². The highest BCUT2D eigenvalue weighted by molar-refractivity contribution is 5.75. The van der Waals surface area contributed by atoms with E-state index in [0.29, 0.717) is 24.8 Å². The molecule has 0 bridgehead atoms. The Balaban J connectivity index is 1.56. The number of aliphatic hydroxyl groups is 5. The van der Waals surface area contributed by atoms with Gasteiger partial charge in [0.1, 0.15) is 30.5 Å². The second-order valence-electron chi connectivity index (χ2n) is 9.51. The Morgan fingerprint density at radius 2 is 1.93 bits per heavy atom. The lowest BCUT2D eigenvalue weighted by molar-refractivity contribution is -0.308. The largest absolute Gasteiger partial charge is 0.461 e. The summed E-state index contributed by atoms with van der Waals surface area (Å²) in [6, 6.07) is 0. The number of rotatable bonds is 3. The Morgan fingerprint density at radius 1 is 1.23 bits per heavy atom. The third-order valence-electron chi connectivity index (χ3n) is 7.71. The highest BCUT2D eigenvalue weighted by Gasteiger charge is 2.59. The van der Waals surface area contributed by atoms with Crippen molar-refractivity contribution in [3.8, 4) is 0 Å². The number of fused-ring (bicyclic) bond motifs is 3. The van der Waals surface area contributed by atoms with Gasteiger partial charge in [-0.2, -0.15) is 0 Å². The molecule has 9 heteroatoms. The van der Waals surface area contributed by atoms with Gasteiger partial charge in [0.25, 0.3) is 0 Å². The number of ether oxygens (including phenoxy) is 3. The van der Waals surface area contributed by atoms with Crippen molar-refractivity contribution in [2.24, 2.45) is 23.7 Å². The molecule has 170 valence electrons. The second kappa shape index (κ2) is 7.81. The number of hydrogen-bond donors (Lipinski definition) is 5. The van der Waals surface area contributed by atoms with Gasteiger partial charge in [-0.05, 0) is 31.8 Å². The van der Waals surface area contributed by atoms with Crippen LogP contribution >= 0.6 is 0 Å². The van der Waals surface area contributed by atoms with Gasteiger partial charge >= 0.3 is 5.97 Å². The van der Waals surface area contributed by atoms with Crippen LogP contribution in [0.3, 0.4) is 0 Å². The predicted octanol–water partition coefficient (Wildman–Crippen LogP) is -0.914. The van der Waals surface area contributed by atoms with E-state index in [4.69, 9.17) is 14.2 Å². The van der Waals surface area contributed by atoms with Crippen LogP contribution in [0.4, 0.5) is 0 Å². The molecule has 2 aliphatic carbocycles. The van der Waals surface area contributed by atoms with Crippen molar-refractivity contribution in [2.75, 3.05) is 6.61 Å². The quantitative estimate of drug-likeness (QED) is 0.285. The lowest BCUT2D eigenvalue weighted by Crippen LogP contribution is -2.59. The van der Waals surface area contributed by atoms with Gasteiger partial charge in [-0.3, -0.25) is 4.79 Å². The first-order valence-corrected chi connectivity index (χ1v) is 10.6. The SMILES string of the molecule is C=C1[C@@H]2[C@H]3OC(=O)[C@@H](C)[C@@H]3CC[C@@](C)(O)[C@@H]2C[C@@H]1O[C@H]1O[C@H](CO)[C@H](O)[C@@H](O)[C@@H]1O. The molecule has 12 atom stereocenters. The lowest BCUT2D eigenvalue weighted by Gasteiger charge is -2.40. The van der Waals surface area contributed by atoms with Gasteiger partial charge in [0.15, 0.2) is 6.29 Å². The molecule has 5 N–H and O–H groups in total. The number of esters is 1. The third-order valence-corrected chi connectivity index (χ3v) is 7.71. The number of carbonyl (C=O) groups excluding carboxylic acids is 1. The molecule has 2 saturated carbocycles. The van der Waals surface area contributed by atoms with E-state index in [2.05, 4.69) is 6.58 Å². The van der Waals surface area contributed by atoms with Gasteiger partial charge in [0.05, 0.1) is 24.2 Å². The van der Waals surface area contributed by atoms with E-state index in [1.165, 1.54) is 0 Å². The summed E-state index contributed by atoms with van der Waals surface area (Å²) in [6.07, 6.45) is -6.27. The number of carbonyl (C=O) groups is 1. The molecule has 0 unspecified atom stereocenters. The maximum Gasteiger partial charge on any atom is 0.309 e. The van der Waals surface area contributed by atoms with Crippen molar-refractivity contribution in [3.63, 3.8) is 0 Å². The molecule has 0 radical (unpaired) electrons. The molecule has 30 heavy (non-hydrogen) atoms. The van der Waals surface area contributed by atoms with Crippen LogP contribution in [0, 0.1) is 23.7 Å². The summed E-state index contributed by atoms with van der Waals surface area (Å²) in [5.74, 6) is -1.05. The van der Waals surface area contributed by atoms with Crippen LogP contribution in [-0.4, -0.2) is 86.6 Å². The molecule has 4 fully saturated rings. The molecule has 0 aromatic carbocycles. The monoisotopic (exact) mass is 428 g/mol. The zero-order valence-corrected chi connectivity index (χ0v) is 17.3. The summed E-state index contributed by atoms with van der Waals surface area (Å²) in [7, 11) is 0. The summed E-state index contributed by atoms with van der Waals surface area (Å²) >= 11 is 0. The van der Waals surface area contributed by atoms with Crippen molar-refractivity contribution < 1.29 is 44.5 Å². The van der Waals surface area contributed by atoms with Crippen LogP contribution < -0.4 is 0 Å². The molecule has 4 aliphatic rings. The summed E-state index contributed by atoms with van der Waals surface area (Å²) in [6.45, 7) is 7.26. The van der Waals surface area contributed by atoms with Gasteiger partial charge in [-0.25, -0.2) is 0 Å². The predicted molar refractivity (Wildman–Crippen MR) is 102 cm³/mol. The Labute approximate surface area is 175 Å². The fraction of sp³-hybridized carbons (Fsp3) is 0.857. The smallest absolute Gasteiger partial charge is 0.309 e. The first-order chi connectivity index (χ1) is 14.1. The van der Waals surface area contributed by atoms with Crippen LogP contribution in [0.25, 0.3) is 0 Å². The number of hydrogen-bond acceptors (Lipinski definition) is 9. The van der Waals surface area contributed by atoms with Crippen molar-refractivity contribution in [3.05, 3.63) is 12.2 Å². The molecule has 0 amide bonds. The fourth-order valence-corrected chi connectivity index (χ4v) is 5.75. The van der Waals surface area contributed by atoms with Gasteiger partial charge in [-0.15, -0.1) is 0 Å². The molecule has 2 saturated heterocycles. The van der Waals surface area contributed by atoms with E-state index in [9.17, 15) is 30.3 Å². The zero-order valence-electron chi connectivity index (χ0n) is 17.3. The summed E-state index contributed by atoms with van der Waals surface area (Å²) in [4.78, 5) is 12.2. The van der Waals surface area contributed by atoms with Crippen molar-refractivity contribution in [1.82, 2.24) is 0 Å². The van der Waals surface area contributed by atoms with Crippen molar-refractivity contribution in [1.29, 1.82) is 0 Å². The highest BCUT2D eigenvalue weighted by atomic mass is 16.7. The normalized spacial score (nSPS) is 53.8. The maximum atomic E-state index is 12.2. The molecule has 0 aromatic heterocycles. The molecule has 0 aromatic rings. The van der Waals surface area contributed by atoms with Crippen molar-refractivity contribution >= 4 is 5.97 Å². The topological polar surface area (TPSA) is 146 Å². The first kappa shape index (κ1) is 22.1. The molecule has 9 nitrogen and oxygen atoms in total. The average molecular weight is 428 g/mol. The zero-order chi connectivity index (χ0) is 22.0. The molecule has 2 heterocycles. The molecule has 0 spiro atoms. The van der Waals surface area contributed by atoms with Gasteiger partial charge in [0.2, 0.25) is 0 Å².